The molecule has 1 fully saturated rings. The fourth-order valence-electron chi connectivity index (χ4n) is 3.16. The molecule has 0 bridgehead atoms. The van der Waals surface area contributed by atoms with Gasteiger partial charge in [-0.1, -0.05) is 29.8 Å². The predicted molar refractivity (Wildman–Crippen MR) is 107 cm³/mol. The molecule has 0 spiro atoms. The molecule has 10 nitrogen and oxygen atoms in total. The van der Waals surface area contributed by atoms with E-state index in [1.165, 1.54) is 19.2 Å². The van der Waals surface area contributed by atoms with Crippen LogP contribution < -0.4 is 15.4 Å². The van der Waals surface area contributed by atoms with Crippen LogP contribution >= 0.6 is 0 Å². The van der Waals surface area contributed by atoms with E-state index in [-0.39, 0.29) is 17.1 Å². The molecule has 2 aromatic rings. The minimum absolute atomic E-state index is 0.0602. The molecule has 0 aromatic heterocycles. The third-order valence-electron chi connectivity index (χ3n) is 4.87. The number of hydrogen-bond acceptors (Lipinski definition) is 6. The van der Waals surface area contributed by atoms with Crippen LogP contribution in [0, 0.1) is 17.0 Å². The third-order valence-corrected chi connectivity index (χ3v) is 4.87. The Morgan fingerprint density at radius 2 is 1.90 bits per heavy atom. The molecule has 1 saturated heterocycles. The summed E-state index contributed by atoms with van der Waals surface area (Å²) < 4.78 is 5.10. The lowest BCUT2D eigenvalue weighted by atomic mass is 9.91. The van der Waals surface area contributed by atoms with Crippen LogP contribution in [0.25, 0.3) is 0 Å². The van der Waals surface area contributed by atoms with Crippen molar-refractivity contribution in [1.29, 1.82) is 0 Å². The lowest BCUT2D eigenvalue weighted by Crippen LogP contribution is -2.42. The highest BCUT2D eigenvalue weighted by Crippen LogP contribution is 2.30. The Morgan fingerprint density at radius 1 is 1.23 bits per heavy atom. The Balaban J connectivity index is 1.78. The normalized spacial score (nSPS) is 18.2. The number of ether oxygens (including phenoxy) is 1. The van der Waals surface area contributed by atoms with Gasteiger partial charge in [0.05, 0.1) is 17.7 Å². The Hall–Kier alpha value is -3.95. The van der Waals surface area contributed by atoms with Crippen LogP contribution in [-0.2, 0) is 15.1 Å². The smallest absolute Gasteiger partial charge is 0.325 e. The Kier molecular flexibility index (Phi) is 5.41. The van der Waals surface area contributed by atoms with Gasteiger partial charge in [-0.3, -0.25) is 24.6 Å². The van der Waals surface area contributed by atoms with Gasteiger partial charge in [0.15, 0.2) is 0 Å². The molecule has 0 unspecified atom stereocenters. The number of anilines is 1. The zero-order valence-electron chi connectivity index (χ0n) is 16.6. The number of benzene rings is 2. The van der Waals surface area contributed by atoms with Crippen LogP contribution in [0.15, 0.2) is 42.5 Å². The summed E-state index contributed by atoms with van der Waals surface area (Å²) in [6.45, 7) is 2.91. The molecule has 1 aliphatic heterocycles. The van der Waals surface area contributed by atoms with E-state index in [9.17, 15) is 24.5 Å². The summed E-state index contributed by atoms with van der Waals surface area (Å²) in [5, 5.41) is 16.1. The molecule has 0 aliphatic carbocycles. The lowest BCUT2D eigenvalue weighted by Gasteiger charge is -2.22. The first-order valence-electron chi connectivity index (χ1n) is 8.99. The van der Waals surface area contributed by atoms with E-state index < -0.39 is 34.9 Å². The predicted octanol–water partition coefficient (Wildman–Crippen LogP) is 2.32. The highest BCUT2D eigenvalue weighted by Gasteiger charge is 2.49. The summed E-state index contributed by atoms with van der Waals surface area (Å²) in [6.07, 6.45) is 0. The minimum Gasteiger partial charge on any atom is -0.495 e. The van der Waals surface area contributed by atoms with Gasteiger partial charge in [0.1, 0.15) is 17.8 Å². The third kappa shape index (κ3) is 3.79. The second-order valence-electron chi connectivity index (χ2n) is 7.00. The van der Waals surface area contributed by atoms with E-state index in [0.717, 1.165) is 16.5 Å². The number of hydrogen-bond donors (Lipinski definition) is 2. The van der Waals surface area contributed by atoms with E-state index in [0.29, 0.717) is 5.56 Å². The van der Waals surface area contributed by atoms with Crippen molar-refractivity contribution >= 4 is 29.2 Å². The van der Waals surface area contributed by atoms with Crippen molar-refractivity contribution in [3.05, 3.63) is 63.7 Å². The quantitative estimate of drug-likeness (QED) is 0.425. The summed E-state index contributed by atoms with van der Waals surface area (Å²) in [5.41, 5.74) is 0.114. The van der Waals surface area contributed by atoms with Crippen LogP contribution in [0.4, 0.5) is 16.2 Å². The number of urea groups is 1. The topological polar surface area (TPSA) is 131 Å². The molecule has 4 amide bonds. The molecule has 2 N–H and O–H groups in total. The highest BCUT2D eigenvalue weighted by atomic mass is 16.6. The van der Waals surface area contributed by atoms with Crippen molar-refractivity contribution in [3.63, 3.8) is 0 Å². The van der Waals surface area contributed by atoms with Gasteiger partial charge in [-0.2, -0.15) is 0 Å². The van der Waals surface area contributed by atoms with E-state index >= 15 is 0 Å². The number of nitro groups is 1. The molecule has 1 heterocycles. The molecular formula is C20H20N4O6. The first-order chi connectivity index (χ1) is 14.2. The average molecular weight is 412 g/mol. The number of methoxy groups -OCH3 is 1. The molecule has 1 atom stereocenters. The molecule has 30 heavy (non-hydrogen) atoms. The summed E-state index contributed by atoms with van der Waals surface area (Å²) >= 11 is 0. The molecule has 1 aliphatic rings. The second-order valence-corrected chi connectivity index (χ2v) is 7.00. The molecule has 10 heteroatoms. The SMILES string of the molecule is COc1ccc([N+](=O)[O-])cc1NC(=O)CN1C(=O)N[C@](C)(c2ccc(C)cc2)C1=O. The largest absolute Gasteiger partial charge is 0.495 e. The van der Waals surface area contributed by atoms with Crippen LogP contribution in [0.3, 0.4) is 0 Å². The number of nitro benzene ring substituents is 1. The molecule has 0 radical (unpaired) electrons. The van der Waals surface area contributed by atoms with Gasteiger partial charge >= 0.3 is 6.03 Å². The van der Waals surface area contributed by atoms with Crippen LogP contribution in [0.1, 0.15) is 18.1 Å². The van der Waals surface area contributed by atoms with Crippen LogP contribution in [-0.4, -0.2) is 41.3 Å². The first kappa shape index (κ1) is 20.8. The number of amides is 4. The van der Waals surface area contributed by atoms with Crippen molar-refractivity contribution in [1.82, 2.24) is 10.2 Å². The van der Waals surface area contributed by atoms with Gasteiger partial charge < -0.3 is 15.4 Å². The van der Waals surface area contributed by atoms with E-state index in [1.54, 1.807) is 19.1 Å². The Labute approximate surface area is 172 Å². The number of carbonyl (C=O) groups is 3. The monoisotopic (exact) mass is 412 g/mol. The fourth-order valence-corrected chi connectivity index (χ4v) is 3.16. The summed E-state index contributed by atoms with van der Waals surface area (Å²) in [6, 6.07) is 10.1. The maximum Gasteiger partial charge on any atom is 0.325 e. The maximum absolute atomic E-state index is 12.9. The average Bonchev–Trinajstić information content (AvgIpc) is 2.92. The lowest BCUT2D eigenvalue weighted by molar-refractivity contribution is -0.384. The molecule has 2 aromatic carbocycles. The summed E-state index contributed by atoms with van der Waals surface area (Å²) in [7, 11) is 1.35. The van der Waals surface area contributed by atoms with Crippen LogP contribution in [0.5, 0.6) is 5.75 Å². The number of nitrogens with one attached hydrogen (secondary N) is 2. The molecule has 156 valence electrons. The first-order valence-corrected chi connectivity index (χ1v) is 8.99. The van der Waals surface area contributed by atoms with E-state index in [4.69, 9.17) is 4.74 Å². The van der Waals surface area contributed by atoms with Gasteiger partial charge in [0, 0.05) is 12.1 Å². The van der Waals surface area contributed by atoms with Gasteiger partial charge in [-0.25, -0.2) is 4.79 Å². The molecule has 3 rings (SSSR count). The van der Waals surface area contributed by atoms with Crippen LogP contribution in [0.2, 0.25) is 0 Å². The Bertz CT molecular complexity index is 1040. The summed E-state index contributed by atoms with van der Waals surface area (Å²) in [4.78, 5) is 49.0. The number of carbonyl (C=O) groups excluding carboxylic acids is 3. The van der Waals surface area contributed by atoms with Gasteiger partial charge in [0.25, 0.3) is 11.6 Å². The number of non-ortho nitro benzene ring substituents is 1. The van der Waals surface area contributed by atoms with Crippen molar-refractivity contribution in [2.24, 2.45) is 0 Å². The van der Waals surface area contributed by atoms with Gasteiger partial charge in [0.2, 0.25) is 5.91 Å². The number of imide groups is 1. The van der Waals surface area contributed by atoms with Gasteiger partial charge in [-0.15, -0.1) is 0 Å². The maximum atomic E-state index is 12.9. The number of aryl methyl sites for hydroxylation is 1. The minimum atomic E-state index is -1.30. The van der Waals surface area contributed by atoms with Crippen molar-refractivity contribution < 1.29 is 24.0 Å². The zero-order chi connectivity index (χ0) is 22.1. The van der Waals surface area contributed by atoms with Crippen molar-refractivity contribution in [3.8, 4) is 5.75 Å². The van der Waals surface area contributed by atoms with Gasteiger partial charge in [-0.05, 0) is 25.5 Å². The zero-order valence-corrected chi connectivity index (χ0v) is 16.6. The van der Waals surface area contributed by atoms with E-state index in [2.05, 4.69) is 10.6 Å². The number of rotatable bonds is 6. The van der Waals surface area contributed by atoms with Crippen molar-refractivity contribution in [2.45, 2.75) is 19.4 Å². The number of nitrogens with zero attached hydrogens (tertiary/aromatic N) is 2. The Morgan fingerprint density at radius 3 is 2.50 bits per heavy atom. The van der Waals surface area contributed by atoms with Crippen molar-refractivity contribution in [2.75, 3.05) is 19.0 Å². The second kappa shape index (κ2) is 7.82. The highest BCUT2D eigenvalue weighted by molar-refractivity contribution is 6.10. The molecular weight excluding hydrogens is 392 g/mol. The summed E-state index contributed by atoms with van der Waals surface area (Å²) in [5.74, 6) is -1.07. The standard InChI is InChI=1S/C20H20N4O6/c1-12-4-6-13(7-5-12)20(2)18(26)23(19(27)22-20)11-17(25)21-15-10-14(24(28)29)8-9-16(15)30-3/h4-10H,11H2,1-3H3,(H,21,25)(H,22,27)/t20-/m1/s1. The fraction of sp³-hybridized carbons (Fsp3) is 0.250. The van der Waals surface area contributed by atoms with E-state index in [1.807, 2.05) is 19.1 Å². The molecule has 0 saturated carbocycles.